The van der Waals surface area contributed by atoms with Crippen molar-refractivity contribution in [3.63, 3.8) is 0 Å². The van der Waals surface area contributed by atoms with Gasteiger partial charge in [-0.05, 0) is 22.6 Å². The molecule has 0 saturated carbocycles. The monoisotopic (exact) mass is 265 g/mol. The summed E-state index contributed by atoms with van der Waals surface area (Å²) in [6.45, 7) is 0. The minimum absolute atomic E-state index is 0.0618. The van der Waals surface area contributed by atoms with Crippen molar-refractivity contribution in [3.8, 4) is 11.4 Å². The van der Waals surface area contributed by atoms with Crippen LogP contribution in [0.4, 0.5) is 4.39 Å². The van der Waals surface area contributed by atoms with Crippen LogP contribution in [0.2, 0.25) is 5.02 Å². The largest absolute Gasteiger partial charge is 0.350 e. The Hall–Kier alpha value is -1.95. The molecular formula is C11H9ClFN5. The zero-order valence-corrected chi connectivity index (χ0v) is 10.5. The van der Waals surface area contributed by atoms with Gasteiger partial charge in [0.2, 0.25) is 0 Å². The first-order valence-electron chi connectivity index (χ1n) is 5.25. The standard InChI is InChI=1S/C11H9ClFN5/c1-17-4-3-6-5-7(12)9(13)8(10(6)17)11-14-15-16-18(11)2/h3-5H,1-2H3. The minimum atomic E-state index is -0.510. The maximum Gasteiger partial charge on any atom is 0.186 e. The maximum atomic E-state index is 14.3. The number of hydrogen-bond acceptors (Lipinski definition) is 3. The summed E-state index contributed by atoms with van der Waals surface area (Å²) < 4.78 is 17.5. The van der Waals surface area contributed by atoms with Crippen molar-refractivity contribution in [3.05, 3.63) is 29.2 Å². The van der Waals surface area contributed by atoms with Gasteiger partial charge in [-0.1, -0.05) is 11.6 Å². The molecule has 7 heteroatoms. The Morgan fingerprint density at radius 1 is 1.33 bits per heavy atom. The molecule has 0 fully saturated rings. The molecule has 0 atom stereocenters. The van der Waals surface area contributed by atoms with Crippen molar-refractivity contribution in [1.29, 1.82) is 0 Å². The van der Waals surface area contributed by atoms with Gasteiger partial charge in [0, 0.05) is 25.7 Å². The molecular weight excluding hydrogens is 257 g/mol. The van der Waals surface area contributed by atoms with E-state index < -0.39 is 5.82 Å². The summed E-state index contributed by atoms with van der Waals surface area (Å²) in [6.07, 6.45) is 1.84. The van der Waals surface area contributed by atoms with Crippen LogP contribution in [-0.4, -0.2) is 24.8 Å². The van der Waals surface area contributed by atoms with Gasteiger partial charge in [-0.2, -0.15) is 0 Å². The van der Waals surface area contributed by atoms with Crippen LogP contribution in [0, 0.1) is 5.82 Å². The van der Waals surface area contributed by atoms with Gasteiger partial charge in [-0.3, -0.25) is 0 Å². The Balaban J connectivity index is 2.50. The lowest BCUT2D eigenvalue weighted by atomic mass is 10.1. The first-order valence-corrected chi connectivity index (χ1v) is 5.63. The lowest BCUT2D eigenvalue weighted by Crippen LogP contribution is -2.00. The average Bonchev–Trinajstić information content (AvgIpc) is 2.89. The number of benzene rings is 1. The van der Waals surface area contributed by atoms with Gasteiger partial charge in [-0.25, -0.2) is 9.07 Å². The van der Waals surface area contributed by atoms with Crippen LogP contribution in [0.15, 0.2) is 18.3 Å². The average molecular weight is 266 g/mol. The number of aromatic nitrogens is 5. The van der Waals surface area contributed by atoms with E-state index in [1.54, 1.807) is 13.1 Å². The molecule has 18 heavy (non-hydrogen) atoms. The lowest BCUT2D eigenvalue weighted by Gasteiger charge is -2.07. The Bertz CT molecular complexity index is 745. The van der Waals surface area contributed by atoms with E-state index in [2.05, 4.69) is 15.5 Å². The van der Waals surface area contributed by atoms with Crippen molar-refractivity contribution in [2.24, 2.45) is 14.1 Å². The predicted octanol–water partition coefficient (Wildman–Crippen LogP) is 2.16. The van der Waals surface area contributed by atoms with E-state index in [-0.39, 0.29) is 5.02 Å². The minimum Gasteiger partial charge on any atom is -0.350 e. The highest BCUT2D eigenvalue weighted by Crippen LogP contribution is 2.34. The van der Waals surface area contributed by atoms with E-state index in [1.165, 1.54) is 4.68 Å². The molecule has 2 heterocycles. The molecule has 0 amide bonds. The summed E-state index contributed by atoms with van der Waals surface area (Å²) in [7, 11) is 3.49. The SMILES string of the molecule is Cn1nnnc1-c1c(F)c(Cl)cc2ccn(C)c12. The molecule has 0 aliphatic heterocycles. The Labute approximate surface area is 107 Å². The van der Waals surface area contributed by atoms with Crippen molar-refractivity contribution < 1.29 is 4.39 Å². The molecule has 0 N–H and O–H groups in total. The highest BCUT2D eigenvalue weighted by molar-refractivity contribution is 6.32. The molecule has 0 bridgehead atoms. The van der Waals surface area contributed by atoms with Crippen LogP contribution in [0.25, 0.3) is 22.3 Å². The Morgan fingerprint density at radius 2 is 2.11 bits per heavy atom. The van der Waals surface area contributed by atoms with Crippen molar-refractivity contribution in [2.45, 2.75) is 0 Å². The zero-order chi connectivity index (χ0) is 12.9. The molecule has 0 aliphatic carbocycles. The molecule has 3 aromatic rings. The summed E-state index contributed by atoms with van der Waals surface area (Å²) in [4.78, 5) is 0. The molecule has 5 nitrogen and oxygen atoms in total. The van der Waals surface area contributed by atoms with E-state index in [4.69, 9.17) is 11.6 Å². The van der Waals surface area contributed by atoms with E-state index in [0.717, 1.165) is 10.9 Å². The molecule has 0 aliphatic rings. The molecule has 92 valence electrons. The summed E-state index contributed by atoms with van der Waals surface area (Å²) in [5, 5.41) is 12.0. The van der Waals surface area contributed by atoms with Gasteiger partial charge in [-0.15, -0.1) is 5.10 Å². The van der Waals surface area contributed by atoms with E-state index in [1.807, 2.05) is 23.9 Å². The highest BCUT2D eigenvalue weighted by Gasteiger charge is 2.20. The molecule has 0 spiro atoms. The number of halogens is 2. The predicted molar refractivity (Wildman–Crippen MR) is 65.7 cm³/mol. The summed E-state index contributed by atoms with van der Waals surface area (Å²) >= 11 is 5.91. The van der Waals surface area contributed by atoms with Crippen molar-refractivity contribution in [1.82, 2.24) is 24.8 Å². The Morgan fingerprint density at radius 3 is 2.78 bits per heavy atom. The number of aryl methyl sites for hydroxylation is 2. The van der Waals surface area contributed by atoms with E-state index in [0.29, 0.717) is 11.4 Å². The lowest BCUT2D eigenvalue weighted by molar-refractivity contribution is 0.628. The van der Waals surface area contributed by atoms with Gasteiger partial charge < -0.3 is 4.57 Å². The first-order chi connectivity index (χ1) is 8.59. The van der Waals surface area contributed by atoms with E-state index in [9.17, 15) is 4.39 Å². The first kappa shape index (κ1) is 11.2. The molecule has 0 saturated heterocycles. The van der Waals surface area contributed by atoms with Gasteiger partial charge in [0.1, 0.15) is 0 Å². The number of hydrogen-bond donors (Lipinski definition) is 0. The fraction of sp³-hybridized carbons (Fsp3) is 0.182. The van der Waals surface area contributed by atoms with Gasteiger partial charge in [0.05, 0.1) is 16.1 Å². The van der Waals surface area contributed by atoms with Crippen LogP contribution < -0.4 is 0 Å². The van der Waals surface area contributed by atoms with Crippen LogP contribution in [0.5, 0.6) is 0 Å². The van der Waals surface area contributed by atoms with Gasteiger partial charge in [0.15, 0.2) is 11.6 Å². The molecule has 1 aromatic carbocycles. The van der Waals surface area contributed by atoms with Crippen LogP contribution in [0.1, 0.15) is 0 Å². The summed E-state index contributed by atoms with van der Waals surface area (Å²) in [5.74, 6) is -0.161. The van der Waals surface area contributed by atoms with Gasteiger partial charge in [0.25, 0.3) is 0 Å². The number of nitrogens with zero attached hydrogens (tertiary/aromatic N) is 5. The number of fused-ring (bicyclic) bond motifs is 1. The summed E-state index contributed by atoms with van der Waals surface area (Å²) in [5.41, 5.74) is 1.03. The molecule has 2 aromatic heterocycles. The van der Waals surface area contributed by atoms with E-state index >= 15 is 0 Å². The maximum absolute atomic E-state index is 14.3. The smallest absolute Gasteiger partial charge is 0.186 e. The topological polar surface area (TPSA) is 48.5 Å². The fourth-order valence-corrected chi connectivity index (χ4v) is 2.27. The highest BCUT2D eigenvalue weighted by atomic mass is 35.5. The number of rotatable bonds is 1. The van der Waals surface area contributed by atoms with Crippen LogP contribution in [0.3, 0.4) is 0 Å². The second kappa shape index (κ2) is 3.78. The third kappa shape index (κ3) is 1.42. The van der Waals surface area contributed by atoms with Crippen molar-refractivity contribution >= 4 is 22.5 Å². The third-order valence-electron chi connectivity index (χ3n) is 2.90. The molecule has 0 radical (unpaired) electrons. The summed E-state index contributed by atoms with van der Waals surface area (Å²) in [6, 6.07) is 3.47. The second-order valence-corrected chi connectivity index (χ2v) is 4.45. The molecule has 3 rings (SSSR count). The van der Waals surface area contributed by atoms with Crippen LogP contribution in [-0.2, 0) is 14.1 Å². The Kier molecular flexibility index (Phi) is 2.34. The third-order valence-corrected chi connectivity index (χ3v) is 3.17. The second-order valence-electron chi connectivity index (χ2n) is 4.04. The van der Waals surface area contributed by atoms with Crippen molar-refractivity contribution in [2.75, 3.05) is 0 Å². The normalized spacial score (nSPS) is 11.3. The number of tetrazole rings is 1. The quantitative estimate of drug-likeness (QED) is 0.677. The van der Waals surface area contributed by atoms with Crippen LogP contribution >= 0.6 is 11.6 Å². The zero-order valence-electron chi connectivity index (χ0n) is 9.72. The molecule has 0 unspecified atom stereocenters. The van der Waals surface area contributed by atoms with Gasteiger partial charge >= 0.3 is 0 Å². The fourth-order valence-electron chi connectivity index (χ4n) is 2.05.